The number of benzene rings is 1. The molecule has 8 heteroatoms. The molecule has 0 bridgehead atoms. The molecule has 1 unspecified atom stereocenters. The number of sulfonamides is 1. The van der Waals surface area contributed by atoms with E-state index >= 15 is 0 Å². The lowest BCUT2D eigenvalue weighted by atomic mass is 10.1. The van der Waals surface area contributed by atoms with Gasteiger partial charge in [0.1, 0.15) is 4.21 Å². The average Bonchev–Trinajstić information content (AvgIpc) is 3.27. The second kappa shape index (κ2) is 8.21. The van der Waals surface area contributed by atoms with Gasteiger partial charge in [0.05, 0.1) is 12.5 Å². The Bertz CT molecular complexity index is 889. The van der Waals surface area contributed by atoms with E-state index < -0.39 is 10.0 Å². The number of hydrogen-bond donors (Lipinski definition) is 1. The molecule has 1 N–H and O–H groups in total. The van der Waals surface area contributed by atoms with E-state index in [1.807, 2.05) is 31.2 Å². The van der Waals surface area contributed by atoms with Crippen molar-refractivity contribution in [1.29, 1.82) is 0 Å². The minimum absolute atomic E-state index is 0.125. The molecule has 1 fully saturated rings. The van der Waals surface area contributed by atoms with Crippen LogP contribution in [0.15, 0.2) is 45.1 Å². The minimum Gasteiger partial charge on any atom is -0.349 e. The standard InChI is InChI=1S/C18H21BrN2O3S2/c1-13(15-6-2-3-7-16(15)19)20-17(22)12-14-8-9-18(25-14)26(23,24)21-10-4-5-11-21/h2-3,6-9,13H,4-5,10-12H2,1H3,(H,20,22). The highest BCUT2D eigenvalue weighted by atomic mass is 79.9. The summed E-state index contributed by atoms with van der Waals surface area (Å²) in [7, 11) is -3.41. The molecule has 26 heavy (non-hydrogen) atoms. The predicted octanol–water partition coefficient (Wildman–Crippen LogP) is 3.72. The molecule has 140 valence electrons. The van der Waals surface area contributed by atoms with Crippen LogP contribution in [-0.2, 0) is 21.2 Å². The maximum absolute atomic E-state index is 12.6. The monoisotopic (exact) mass is 456 g/mol. The van der Waals surface area contributed by atoms with E-state index in [2.05, 4.69) is 21.2 Å². The summed E-state index contributed by atoms with van der Waals surface area (Å²) >= 11 is 4.67. The molecule has 2 aromatic rings. The van der Waals surface area contributed by atoms with Crippen molar-refractivity contribution in [2.24, 2.45) is 0 Å². The van der Waals surface area contributed by atoms with Crippen molar-refractivity contribution in [3.63, 3.8) is 0 Å². The number of carbonyl (C=O) groups is 1. The predicted molar refractivity (Wildman–Crippen MR) is 107 cm³/mol. The summed E-state index contributed by atoms with van der Waals surface area (Å²) in [4.78, 5) is 13.1. The smallest absolute Gasteiger partial charge is 0.252 e. The Morgan fingerprint density at radius 3 is 2.62 bits per heavy atom. The Morgan fingerprint density at radius 1 is 1.23 bits per heavy atom. The second-order valence-electron chi connectivity index (χ2n) is 6.32. The van der Waals surface area contributed by atoms with Gasteiger partial charge in [0.15, 0.2) is 0 Å². The highest BCUT2D eigenvalue weighted by Gasteiger charge is 2.28. The molecule has 1 aliphatic rings. The first-order valence-electron chi connectivity index (χ1n) is 8.50. The summed E-state index contributed by atoms with van der Waals surface area (Å²) in [6.45, 7) is 3.09. The lowest BCUT2D eigenvalue weighted by molar-refractivity contribution is -0.121. The van der Waals surface area contributed by atoms with Gasteiger partial charge in [0.25, 0.3) is 10.0 Å². The molecule has 0 saturated carbocycles. The van der Waals surface area contributed by atoms with Crippen LogP contribution in [0.3, 0.4) is 0 Å². The van der Waals surface area contributed by atoms with Crippen LogP contribution in [0.1, 0.15) is 36.2 Å². The summed E-state index contributed by atoms with van der Waals surface area (Å²) in [5.41, 5.74) is 1.00. The number of nitrogens with zero attached hydrogens (tertiary/aromatic N) is 1. The minimum atomic E-state index is -3.41. The maximum atomic E-state index is 12.6. The highest BCUT2D eigenvalue weighted by molar-refractivity contribution is 9.10. The zero-order valence-corrected chi connectivity index (χ0v) is 17.7. The van der Waals surface area contributed by atoms with Gasteiger partial charge in [-0.25, -0.2) is 8.42 Å². The summed E-state index contributed by atoms with van der Waals surface area (Å²) in [6.07, 6.45) is 1.99. The highest BCUT2D eigenvalue weighted by Crippen LogP contribution is 2.28. The fourth-order valence-corrected chi connectivity index (χ4v) is 6.66. The van der Waals surface area contributed by atoms with Crippen LogP contribution in [0.25, 0.3) is 0 Å². The van der Waals surface area contributed by atoms with Crippen LogP contribution in [0.5, 0.6) is 0 Å². The van der Waals surface area contributed by atoms with Crippen molar-refractivity contribution in [3.8, 4) is 0 Å². The summed E-state index contributed by atoms with van der Waals surface area (Å²) < 4.78 is 27.9. The lowest BCUT2D eigenvalue weighted by Gasteiger charge is -2.15. The van der Waals surface area contributed by atoms with E-state index in [1.54, 1.807) is 12.1 Å². The number of hydrogen-bond acceptors (Lipinski definition) is 4. The second-order valence-corrected chi connectivity index (χ2v) is 10.5. The molecule has 1 aliphatic heterocycles. The van der Waals surface area contributed by atoms with E-state index in [-0.39, 0.29) is 18.4 Å². The quantitative estimate of drug-likeness (QED) is 0.719. The first-order valence-corrected chi connectivity index (χ1v) is 11.6. The number of carbonyl (C=O) groups excluding carboxylic acids is 1. The van der Waals surface area contributed by atoms with Gasteiger partial charge in [-0.3, -0.25) is 4.79 Å². The first kappa shape index (κ1) is 19.5. The maximum Gasteiger partial charge on any atom is 0.252 e. The first-order chi connectivity index (χ1) is 12.4. The molecular formula is C18H21BrN2O3S2. The largest absolute Gasteiger partial charge is 0.349 e. The van der Waals surface area contributed by atoms with Crippen molar-refractivity contribution in [3.05, 3.63) is 51.3 Å². The third-order valence-electron chi connectivity index (χ3n) is 4.38. The van der Waals surface area contributed by atoms with Crippen molar-refractivity contribution >= 4 is 43.2 Å². The van der Waals surface area contributed by atoms with E-state index in [4.69, 9.17) is 0 Å². The normalized spacial score (nSPS) is 16.5. The fourth-order valence-electron chi connectivity index (χ4n) is 3.00. The number of thiophene rings is 1. The van der Waals surface area contributed by atoms with Crippen molar-refractivity contribution < 1.29 is 13.2 Å². The van der Waals surface area contributed by atoms with Gasteiger partial charge in [0.2, 0.25) is 5.91 Å². The summed E-state index contributed by atoms with van der Waals surface area (Å²) in [6, 6.07) is 11.0. The van der Waals surface area contributed by atoms with Gasteiger partial charge in [-0.05, 0) is 43.5 Å². The van der Waals surface area contributed by atoms with Crippen molar-refractivity contribution in [2.45, 2.75) is 36.4 Å². The Hall–Kier alpha value is -1.22. The summed E-state index contributed by atoms with van der Waals surface area (Å²) in [5.74, 6) is -0.125. The topological polar surface area (TPSA) is 66.5 Å². The van der Waals surface area contributed by atoms with Crippen LogP contribution in [0.2, 0.25) is 0 Å². The molecule has 0 radical (unpaired) electrons. The van der Waals surface area contributed by atoms with E-state index in [0.29, 0.717) is 17.3 Å². The molecule has 0 spiro atoms. The van der Waals surface area contributed by atoms with Crippen molar-refractivity contribution in [1.82, 2.24) is 9.62 Å². The third kappa shape index (κ3) is 4.36. The SMILES string of the molecule is CC(NC(=O)Cc1ccc(S(=O)(=O)N2CCCC2)s1)c1ccccc1Br. The number of rotatable bonds is 6. The number of nitrogens with one attached hydrogen (secondary N) is 1. The van der Waals surface area contributed by atoms with Crippen molar-refractivity contribution in [2.75, 3.05) is 13.1 Å². The molecule has 3 rings (SSSR count). The molecule has 0 aliphatic carbocycles. The molecule has 5 nitrogen and oxygen atoms in total. The lowest BCUT2D eigenvalue weighted by Crippen LogP contribution is -2.28. The molecule has 1 atom stereocenters. The number of halogens is 1. The zero-order chi connectivity index (χ0) is 18.7. The van der Waals surface area contributed by atoms with Crippen LogP contribution >= 0.6 is 27.3 Å². The van der Waals surface area contributed by atoms with E-state index in [0.717, 1.165) is 27.8 Å². The Labute approximate surface area is 166 Å². The zero-order valence-electron chi connectivity index (χ0n) is 14.4. The van der Waals surface area contributed by atoms with Crippen LogP contribution in [0.4, 0.5) is 0 Å². The summed E-state index contributed by atoms with van der Waals surface area (Å²) in [5, 5.41) is 2.97. The number of amides is 1. The molecule has 2 heterocycles. The van der Waals surface area contributed by atoms with Gasteiger partial charge in [-0.15, -0.1) is 11.3 Å². The van der Waals surface area contributed by atoms with Crippen LogP contribution in [0, 0.1) is 0 Å². The molecule has 1 amide bonds. The molecular weight excluding hydrogens is 436 g/mol. The Kier molecular flexibility index (Phi) is 6.17. The fraction of sp³-hybridized carbons (Fsp3) is 0.389. The molecule has 1 aromatic heterocycles. The Balaban J connectivity index is 1.64. The van der Waals surface area contributed by atoms with Gasteiger partial charge < -0.3 is 5.32 Å². The third-order valence-corrected chi connectivity index (χ3v) is 8.55. The van der Waals surface area contributed by atoms with Crippen LogP contribution in [-0.4, -0.2) is 31.7 Å². The van der Waals surface area contributed by atoms with Gasteiger partial charge >= 0.3 is 0 Å². The Morgan fingerprint density at radius 2 is 1.92 bits per heavy atom. The van der Waals surface area contributed by atoms with Crippen LogP contribution < -0.4 is 5.32 Å². The van der Waals surface area contributed by atoms with Gasteiger partial charge in [-0.1, -0.05) is 34.1 Å². The molecule has 1 saturated heterocycles. The van der Waals surface area contributed by atoms with Gasteiger partial charge in [0, 0.05) is 22.4 Å². The average molecular weight is 457 g/mol. The van der Waals surface area contributed by atoms with E-state index in [9.17, 15) is 13.2 Å². The molecule has 1 aromatic carbocycles. The van der Waals surface area contributed by atoms with Gasteiger partial charge in [-0.2, -0.15) is 4.31 Å². The van der Waals surface area contributed by atoms with E-state index in [1.165, 1.54) is 15.6 Å².